The van der Waals surface area contributed by atoms with Gasteiger partial charge in [-0.05, 0) is 58.3 Å². The predicted octanol–water partition coefficient (Wildman–Crippen LogP) is 3.58. The van der Waals surface area contributed by atoms with Gasteiger partial charge in [-0.25, -0.2) is 9.07 Å². The van der Waals surface area contributed by atoms with Crippen LogP contribution in [0, 0.1) is 5.82 Å². The summed E-state index contributed by atoms with van der Waals surface area (Å²) in [5.74, 6) is 1.45. The summed E-state index contributed by atoms with van der Waals surface area (Å²) < 4.78 is 26.2. The number of aromatic amines is 1. The number of ether oxygens (including phenoxy) is 2. The lowest BCUT2D eigenvalue weighted by molar-refractivity contribution is 0.174. The molecule has 1 atom stereocenters. The van der Waals surface area contributed by atoms with Crippen LogP contribution in [0.1, 0.15) is 28.6 Å². The summed E-state index contributed by atoms with van der Waals surface area (Å²) >= 11 is 0. The maximum Gasteiger partial charge on any atom is 0.254 e. The number of aromatic nitrogens is 5. The number of nitrogens with zero attached hydrogens (tertiary/aromatic N) is 5. The Balaban J connectivity index is 1.39. The van der Waals surface area contributed by atoms with Gasteiger partial charge in [0.1, 0.15) is 11.9 Å². The number of benzene rings is 3. The van der Waals surface area contributed by atoms with Crippen LogP contribution in [0.3, 0.4) is 0 Å². The predicted molar refractivity (Wildman–Crippen MR) is 133 cm³/mol. The molecule has 0 spiro atoms. The van der Waals surface area contributed by atoms with Gasteiger partial charge in [-0.1, -0.05) is 30.3 Å². The van der Waals surface area contributed by atoms with E-state index in [2.05, 4.69) is 37.5 Å². The van der Waals surface area contributed by atoms with Gasteiger partial charge in [-0.3, -0.25) is 4.79 Å². The van der Waals surface area contributed by atoms with Crippen LogP contribution < -0.4 is 19.9 Å². The summed E-state index contributed by atoms with van der Waals surface area (Å²) in [5, 5.41) is 13.4. The number of rotatable bonds is 5. The van der Waals surface area contributed by atoms with E-state index in [1.807, 2.05) is 24.3 Å². The first-order valence-electron chi connectivity index (χ1n) is 12.0. The Morgan fingerprint density at radius 2 is 1.84 bits per heavy atom. The van der Waals surface area contributed by atoms with E-state index in [1.54, 1.807) is 22.9 Å². The molecule has 0 radical (unpaired) electrons. The standard InChI is InChI=1S/C27H21FN6O3/c28-19-7-5-16(6-8-19)14-34-26(30-31-32-34)25(33-10-9-17-3-1-2-4-22(17)33)20-11-18-12-23-24(37-15-36-23)13-21(18)29-27(20)35/h1-8,11-13,25H,9-10,14-15H2,(H,29,35)/t25-/m1/s1. The molecule has 0 amide bonds. The van der Waals surface area contributed by atoms with E-state index >= 15 is 0 Å². The topological polar surface area (TPSA) is 98.2 Å². The fourth-order valence-corrected chi connectivity index (χ4v) is 5.18. The Kier molecular flexibility index (Phi) is 4.91. The van der Waals surface area contributed by atoms with Crippen LogP contribution in [0.15, 0.2) is 71.5 Å². The first kappa shape index (κ1) is 21.5. The number of tetrazole rings is 1. The number of pyridine rings is 1. The zero-order valence-corrected chi connectivity index (χ0v) is 19.6. The van der Waals surface area contributed by atoms with Crippen molar-refractivity contribution < 1.29 is 13.9 Å². The van der Waals surface area contributed by atoms with E-state index in [-0.39, 0.29) is 18.2 Å². The third-order valence-corrected chi connectivity index (χ3v) is 6.95. The average Bonchev–Trinajstić information content (AvgIpc) is 3.65. The number of halogens is 1. The van der Waals surface area contributed by atoms with E-state index in [0.29, 0.717) is 41.5 Å². The SMILES string of the molecule is O=c1[nH]c2cc3c(cc2cc1[C@H](c1nnnn1Cc1ccc(F)cc1)N1CCc2ccccc21)OCO3. The summed E-state index contributed by atoms with van der Waals surface area (Å²) in [7, 11) is 0. The first-order chi connectivity index (χ1) is 18.1. The van der Waals surface area contributed by atoms with Crippen molar-refractivity contribution in [2.24, 2.45) is 0 Å². The Hall–Kier alpha value is -4.73. The van der Waals surface area contributed by atoms with Crippen molar-refractivity contribution in [3.63, 3.8) is 0 Å². The van der Waals surface area contributed by atoms with Crippen LogP contribution in [0.25, 0.3) is 10.9 Å². The highest BCUT2D eigenvalue weighted by Gasteiger charge is 2.34. The molecule has 0 saturated heterocycles. The molecule has 5 aromatic rings. The maximum absolute atomic E-state index is 13.6. The summed E-state index contributed by atoms with van der Waals surface area (Å²) in [6.07, 6.45) is 0.844. The molecule has 10 heteroatoms. The molecule has 3 aromatic carbocycles. The van der Waals surface area contributed by atoms with Crippen LogP contribution >= 0.6 is 0 Å². The quantitative estimate of drug-likeness (QED) is 0.397. The van der Waals surface area contributed by atoms with Gasteiger partial charge in [-0.15, -0.1) is 5.10 Å². The minimum Gasteiger partial charge on any atom is -0.454 e. The smallest absolute Gasteiger partial charge is 0.254 e. The van der Waals surface area contributed by atoms with E-state index < -0.39 is 6.04 Å². The van der Waals surface area contributed by atoms with Crippen molar-refractivity contribution in [3.8, 4) is 11.5 Å². The molecule has 2 aliphatic rings. The van der Waals surface area contributed by atoms with Gasteiger partial charge < -0.3 is 19.4 Å². The Bertz CT molecular complexity index is 1700. The van der Waals surface area contributed by atoms with Gasteiger partial charge in [-0.2, -0.15) is 0 Å². The third kappa shape index (κ3) is 3.68. The third-order valence-electron chi connectivity index (χ3n) is 6.95. The highest BCUT2D eigenvalue weighted by atomic mass is 19.1. The number of H-pyrrole nitrogens is 1. The van der Waals surface area contributed by atoms with Crippen LogP contribution in [0.5, 0.6) is 11.5 Å². The molecule has 2 aliphatic heterocycles. The number of nitrogens with one attached hydrogen (secondary N) is 1. The van der Waals surface area contributed by atoms with Crippen LogP contribution in [-0.4, -0.2) is 38.5 Å². The van der Waals surface area contributed by atoms with E-state index in [0.717, 1.165) is 23.1 Å². The van der Waals surface area contributed by atoms with Crippen LogP contribution in [0.4, 0.5) is 10.1 Å². The molecule has 9 nitrogen and oxygen atoms in total. The molecule has 0 unspecified atom stereocenters. The highest BCUT2D eigenvalue weighted by molar-refractivity contribution is 5.83. The van der Waals surface area contributed by atoms with Crippen molar-refractivity contribution in [3.05, 3.63) is 105 Å². The normalized spacial score (nSPS) is 14.8. The second kappa shape index (κ2) is 8.44. The molecule has 1 N–H and O–H groups in total. The van der Waals surface area contributed by atoms with Gasteiger partial charge in [0.25, 0.3) is 5.56 Å². The molecule has 2 aromatic heterocycles. The zero-order valence-electron chi connectivity index (χ0n) is 19.6. The number of para-hydroxylation sites is 1. The van der Waals surface area contributed by atoms with Crippen molar-refractivity contribution in [1.82, 2.24) is 25.2 Å². The lowest BCUT2D eigenvalue weighted by Crippen LogP contribution is -2.34. The molecule has 0 saturated carbocycles. The number of fused-ring (bicyclic) bond motifs is 3. The largest absolute Gasteiger partial charge is 0.454 e. The second-order valence-corrected chi connectivity index (χ2v) is 9.14. The summed E-state index contributed by atoms with van der Waals surface area (Å²) in [6.45, 7) is 1.18. The fourth-order valence-electron chi connectivity index (χ4n) is 5.18. The van der Waals surface area contributed by atoms with E-state index in [4.69, 9.17) is 9.47 Å². The van der Waals surface area contributed by atoms with Gasteiger partial charge in [0.05, 0.1) is 12.1 Å². The number of anilines is 1. The molecule has 0 bridgehead atoms. The molecule has 37 heavy (non-hydrogen) atoms. The minimum atomic E-state index is -0.558. The van der Waals surface area contributed by atoms with Gasteiger partial charge in [0, 0.05) is 29.2 Å². The molecule has 4 heterocycles. The molecular weight excluding hydrogens is 475 g/mol. The molecule has 0 aliphatic carbocycles. The van der Waals surface area contributed by atoms with Gasteiger partial charge in [0.2, 0.25) is 6.79 Å². The van der Waals surface area contributed by atoms with Crippen LogP contribution in [-0.2, 0) is 13.0 Å². The van der Waals surface area contributed by atoms with E-state index in [9.17, 15) is 9.18 Å². The van der Waals surface area contributed by atoms with E-state index in [1.165, 1.54) is 17.7 Å². The number of hydrogen-bond acceptors (Lipinski definition) is 7. The molecule has 0 fully saturated rings. The Morgan fingerprint density at radius 3 is 2.70 bits per heavy atom. The lowest BCUT2D eigenvalue weighted by Gasteiger charge is -2.29. The first-order valence-corrected chi connectivity index (χ1v) is 12.0. The summed E-state index contributed by atoms with van der Waals surface area (Å²) in [5.41, 5.74) is 4.01. The van der Waals surface area contributed by atoms with Crippen molar-refractivity contribution in [2.45, 2.75) is 19.0 Å². The summed E-state index contributed by atoms with van der Waals surface area (Å²) in [6, 6.07) is 19.3. The molecule has 7 rings (SSSR count). The fraction of sp³-hybridized carbons (Fsp3) is 0.185. The Morgan fingerprint density at radius 1 is 1.03 bits per heavy atom. The summed E-state index contributed by atoms with van der Waals surface area (Å²) in [4.78, 5) is 18.8. The van der Waals surface area contributed by atoms with Gasteiger partial charge in [0.15, 0.2) is 17.3 Å². The second-order valence-electron chi connectivity index (χ2n) is 9.14. The maximum atomic E-state index is 13.6. The Labute approximate surface area is 210 Å². The zero-order chi connectivity index (χ0) is 24.9. The lowest BCUT2D eigenvalue weighted by atomic mass is 10.0. The molecule has 184 valence electrons. The van der Waals surface area contributed by atoms with Crippen LogP contribution in [0.2, 0.25) is 0 Å². The number of hydrogen-bond donors (Lipinski definition) is 1. The van der Waals surface area contributed by atoms with Crippen molar-refractivity contribution in [1.29, 1.82) is 0 Å². The average molecular weight is 497 g/mol. The monoisotopic (exact) mass is 496 g/mol. The van der Waals surface area contributed by atoms with Gasteiger partial charge >= 0.3 is 0 Å². The molecular formula is C27H21FN6O3. The minimum absolute atomic E-state index is 0.147. The van der Waals surface area contributed by atoms with Crippen molar-refractivity contribution in [2.75, 3.05) is 18.2 Å². The van der Waals surface area contributed by atoms with Crippen molar-refractivity contribution >= 4 is 16.6 Å². The highest BCUT2D eigenvalue weighted by Crippen LogP contribution is 2.39.